The fourth-order valence-corrected chi connectivity index (χ4v) is 4.29. The first kappa shape index (κ1) is 14.4. The smallest absolute Gasteiger partial charge is 0.268 e. The lowest BCUT2D eigenvalue weighted by molar-refractivity contribution is 0.103. The molecule has 1 N–H and O–H groups in total. The summed E-state index contributed by atoms with van der Waals surface area (Å²) in [5.41, 5.74) is 0.505. The number of hydrogen-bond acceptors (Lipinski definition) is 6. The molecule has 8 heteroatoms. The third-order valence-corrected chi connectivity index (χ3v) is 5.77. The highest BCUT2D eigenvalue weighted by Crippen LogP contribution is 2.36. The van der Waals surface area contributed by atoms with E-state index in [0.29, 0.717) is 15.6 Å². The summed E-state index contributed by atoms with van der Waals surface area (Å²) in [5, 5.41) is 13.6. The van der Waals surface area contributed by atoms with E-state index in [1.807, 2.05) is 41.8 Å². The van der Waals surface area contributed by atoms with E-state index >= 15 is 0 Å². The van der Waals surface area contributed by atoms with Crippen LogP contribution in [0.25, 0.3) is 20.7 Å². The lowest BCUT2D eigenvalue weighted by Crippen LogP contribution is -2.11. The first-order chi connectivity index (χ1) is 11.2. The van der Waals surface area contributed by atoms with Crippen LogP contribution >= 0.6 is 34.3 Å². The molecule has 114 valence electrons. The Morgan fingerprint density at radius 3 is 2.83 bits per heavy atom. The maximum absolute atomic E-state index is 12.5. The number of thiophene rings is 2. The van der Waals surface area contributed by atoms with E-state index in [0.717, 1.165) is 15.0 Å². The molecule has 0 radical (unpaired) electrons. The Hall–Kier alpha value is -2.22. The van der Waals surface area contributed by atoms with Gasteiger partial charge in [0.15, 0.2) is 5.69 Å². The number of rotatable bonds is 3. The maximum Gasteiger partial charge on any atom is 0.268 e. The van der Waals surface area contributed by atoms with Gasteiger partial charge in [0, 0.05) is 10.1 Å². The van der Waals surface area contributed by atoms with Crippen LogP contribution in [0.4, 0.5) is 5.82 Å². The second-order valence-electron chi connectivity index (χ2n) is 4.63. The summed E-state index contributed by atoms with van der Waals surface area (Å²) in [4.78, 5) is 13.8. The van der Waals surface area contributed by atoms with Crippen LogP contribution in [0.2, 0.25) is 5.02 Å². The zero-order valence-corrected chi connectivity index (χ0v) is 13.8. The van der Waals surface area contributed by atoms with E-state index in [1.54, 1.807) is 0 Å². The second kappa shape index (κ2) is 5.77. The van der Waals surface area contributed by atoms with Gasteiger partial charge in [-0.1, -0.05) is 35.9 Å². The Kier molecular flexibility index (Phi) is 3.60. The Morgan fingerprint density at radius 2 is 2.04 bits per heavy atom. The number of nitrogens with zero attached hydrogens (tertiary/aromatic N) is 2. The fourth-order valence-electron chi connectivity index (χ4n) is 2.17. The summed E-state index contributed by atoms with van der Waals surface area (Å²) in [6.07, 6.45) is 0. The predicted molar refractivity (Wildman–Crippen MR) is 92.4 cm³/mol. The predicted octanol–water partition coefficient (Wildman–Crippen LogP) is 4.92. The lowest BCUT2D eigenvalue weighted by atomic mass is 10.2. The molecule has 1 amide bonds. The normalized spacial score (nSPS) is 11.0. The molecular weight excluding hydrogens is 354 g/mol. The average Bonchev–Trinajstić information content (AvgIpc) is 3.27. The monoisotopic (exact) mass is 361 g/mol. The van der Waals surface area contributed by atoms with Crippen LogP contribution in [0.3, 0.4) is 0 Å². The van der Waals surface area contributed by atoms with Crippen molar-refractivity contribution < 1.29 is 9.42 Å². The topological polar surface area (TPSA) is 68.0 Å². The Labute approximate surface area is 143 Å². The quantitative estimate of drug-likeness (QED) is 0.562. The molecule has 4 rings (SSSR count). The van der Waals surface area contributed by atoms with Gasteiger partial charge in [-0.05, 0) is 27.8 Å². The van der Waals surface area contributed by atoms with Crippen molar-refractivity contribution in [1.29, 1.82) is 0 Å². The highest BCUT2D eigenvalue weighted by atomic mass is 35.5. The molecule has 0 aliphatic rings. The van der Waals surface area contributed by atoms with Gasteiger partial charge >= 0.3 is 0 Å². The van der Waals surface area contributed by atoms with E-state index in [9.17, 15) is 4.79 Å². The van der Waals surface area contributed by atoms with Crippen LogP contribution in [-0.4, -0.2) is 16.2 Å². The minimum Gasteiger partial charge on any atom is -0.301 e. The summed E-state index contributed by atoms with van der Waals surface area (Å²) >= 11 is 9.15. The number of nitrogens with one attached hydrogen (secondary N) is 1. The molecule has 3 aromatic heterocycles. The van der Waals surface area contributed by atoms with Crippen LogP contribution in [0.15, 0.2) is 46.4 Å². The van der Waals surface area contributed by atoms with Crippen LogP contribution in [0.5, 0.6) is 0 Å². The summed E-state index contributed by atoms with van der Waals surface area (Å²) in [7, 11) is 0. The minimum atomic E-state index is -0.329. The van der Waals surface area contributed by atoms with Gasteiger partial charge in [-0.25, -0.2) is 4.63 Å². The largest absolute Gasteiger partial charge is 0.301 e. The van der Waals surface area contributed by atoms with Gasteiger partial charge in [0.25, 0.3) is 5.91 Å². The van der Waals surface area contributed by atoms with Gasteiger partial charge in [0.05, 0.1) is 9.90 Å². The number of hydrogen-bond donors (Lipinski definition) is 1. The molecule has 0 saturated carbocycles. The van der Waals surface area contributed by atoms with Crippen molar-refractivity contribution in [3.05, 3.63) is 51.7 Å². The number of carbonyl (C=O) groups excluding carboxylic acids is 1. The van der Waals surface area contributed by atoms with Gasteiger partial charge in [-0.2, -0.15) is 0 Å². The number of fused-ring (bicyclic) bond motifs is 1. The number of amides is 1. The Bertz CT molecular complexity index is 991. The molecule has 0 atom stereocenters. The minimum absolute atomic E-state index is 0.283. The fraction of sp³-hybridized carbons (Fsp3) is 0. The van der Waals surface area contributed by atoms with Gasteiger partial charge in [-0.15, -0.1) is 22.7 Å². The summed E-state index contributed by atoms with van der Waals surface area (Å²) < 4.78 is 5.72. The van der Waals surface area contributed by atoms with Crippen molar-refractivity contribution in [1.82, 2.24) is 10.3 Å². The number of halogens is 1. The van der Waals surface area contributed by atoms with Crippen molar-refractivity contribution in [2.75, 3.05) is 5.32 Å². The molecule has 0 fully saturated rings. The molecule has 0 unspecified atom stereocenters. The molecule has 0 aliphatic carbocycles. The summed E-state index contributed by atoms with van der Waals surface area (Å²) in [6, 6.07) is 11.4. The second-order valence-corrected chi connectivity index (χ2v) is 7.01. The summed E-state index contributed by atoms with van der Waals surface area (Å²) in [5.74, 6) is -0.0457. The standard InChI is InChI=1S/C15H8ClN3O2S2/c16-11-8-4-1-2-5-9(8)23-13(11)15(20)17-14-12(18-21-19-14)10-6-3-7-22-10/h1-7H,(H,17,19,20). The van der Waals surface area contributed by atoms with Crippen LogP contribution in [0, 0.1) is 0 Å². The number of aromatic nitrogens is 2. The van der Waals surface area contributed by atoms with E-state index in [4.69, 9.17) is 16.2 Å². The van der Waals surface area contributed by atoms with Crippen LogP contribution in [0.1, 0.15) is 9.67 Å². The lowest BCUT2D eigenvalue weighted by Gasteiger charge is -2.00. The van der Waals surface area contributed by atoms with Crippen LogP contribution < -0.4 is 5.32 Å². The molecular formula is C15H8ClN3O2S2. The van der Waals surface area contributed by atoms with E-state index in [2.05, 4.69) is 15.6 Å². The molecule has 1 aromatic carbocycles. The highest BCUT2D eigenvalue weighted by molar-refractivity contribution is 7.21. The maximum atomic E-state index is 12.5. The van der Waals surface area contributed by atoms with E-state index < -0.39 is 0 Å². The molecule has 0 aliphatic heterocycles. The van der Waals surface area contributed by atoms with Crippen molar-refractivity contribution >= 4 is 56.1 Å². The first-order valence-corrected chi connectivity index (χ1v) is 8.66. The zero-order chi connectivity index (χ0) is 15.8. The molecule has 4 aromatic rings. The zero-order valence-electron chi connectivity index (χ0n) is 11.4. The average molecular weight is 362 g/mol. The molecule has 3 heterocycles. The van der Waals surface area contributed by atoms with Crippen molar-refractivity contribution in [2.45, 2.75) is 0 Å². The molecule has 0 spiro atoms. The highest BCUT2D eigenvalue weighted by Gasteiger charge is 2.21. The van der Waals surface area contributed by atoms with Gasteiger partial charge < -0.3 is 5.32 Å². The molecule has 0 saturated heterocycles. The van der Waals surface area contributed by atoms with Gasteiger partial charge in [0.2, 0.25) is 5.82 Å². The Morgan fingerprint density at radius 1 is 1.17 bits per heavy atom. The number of anilines is 1. The van der Waals surface area contributed by atoms with Crippen molar-refractivity contribution in [2.24, 2.45) is 0 Å². The number of benzene rings is 1. The summed E-state index contributed by atoms with van der Waals surface area (Å²) in [6.45, 7) is 0. The molecule has 23 heavy (non-hydrogen) atoms. The van der Waals surface area contributed by atoms with E-state index in [-0.39, 0.29) is 11.7 Å². The molecule has 5 nitrogen and oxygen atoms in total. The Balaban J connectivity index is 1.68. The first-order valence-electron chi connectivity index (χ1n) is 6.59. The van der Waals surface area contributed by atoms with Crippen LogP contribution in [-0.2, 0) is 0 Å². The SMILES string of the molecule is O=C(Nc1nonc1-c1cccs1)c1sc2ccccc2c1Cl. The van der Waals surface area contributed by atoms with Gasteiger partial charge in [-0.3, -0.25) is 4.79 Å². The third kappa shape index (κ3) is 2.52. The number of carbonyl (C=O) groups is 1. The molecule has 0 bridgehead atoms. The van der Waals surface area contributed by atoms with Crippen molar-refractivity contribution in [3.63, 3.8) is 0 Å². The van der Waals surface area contributed by atoms with Gasteiger partial charge in [0.1, 0.15) is 4.88 Å². The third-order valence-electron chi connectivity index (χ3n) is 3.22. The van der Waals surface area contributed by atoms with E-state index in [1.165, 1.54) is 22.7 Å². The van der Waals surface area contributed by atoms with Crippen molar-refractivity contribution in [3.8, 4) is 10.6 Å².